The van der Waals surface area contributed by atoms with Gasteiger partial charge in [0.15, 0.2) is 0 Å². The number of carbonyl (C=O) groups excluding carboxylic acids is 1. The third-order valence-corrected chi connectivity index (χ3v) is 3.13. The van der Waals surface area contributed by atoms with Crippen LogP contribution in [0.5, 0.6) is 0 Å². The van der Waals surface area contributed by atoms with Crippen molar-refractivity contribution in [3.8, 4) is 0 Å². The number of hydrogen-bond donors (Lipinski definition) is 1. The van der Waals surface area contributed by atoms with E-state index in [1.54, 1.807) is 6.92 Å². The topological polar surface area (TPSA) is 43.1 Å². The molecular weight excluding hydrogens is 162 g/mol. The quantitative estimate of drug-likeness (QED) is 0.726. The summed E-state index contributed by atoms with van der Waals surface area (Å²) in [6, 6.07) is -0.207. The molecule has 76 valence electrons. The molecule has 13 heavy (non-hydrogen) atoms. The zero-order valence-corrected chi connectivity index (χ0v) is 8.59. The molecule has 2 nitrogen and oxygen atoms in total. The number of carbonyl (C=O) groups is 1. The number of nitrogens with two attached hydrogens (primary N) is 1. The molecule has 0 aromatic heterocycles. The third kappa shape index (κ3) is 3.90. The average Bonchev–Trinajstić information content (AvgIpc) is 2.15. The first-order valence-corrected chi connectivity index (χ1v) is 5.46. The Kier molecular flexibility index (Phi) is 4.43. The molecule has 0 spiro atoms. The maximum atomic E-state index is 10.9. The van der Waals surface area contributed by atoms with Crippen molar-refractivity contribution in [2.75, 3.05) is 0 Å². The van der Waals surface area contributed by atoms with E-state index in [2.05, 4.69) is 0 Å². The first-order chi connectivity index (χ1) is 6.20. The Hall–Kier alpha value is -0.370. The lowest BCUT2D eigenvalue weighted by atomic mass is 9.85. The van der Waals surface area contributed by atoms with Crippen molar-refractivity contribution >= 4 is 5.78 Å². The van der Waals surface area contributed by atoms with Crippen LogP contribution in [0.1, 0.15) is 51.9 Å². The van der Waals surface area contributed by atoms with Crippen LogP contribution in [-0.2, 0) is 4.79 Å². The monoisotopic (exact) mass is 183 g/mol. The van der Waals surface area contributed by atoms with Crippen molar-refractivity contribution in [3.05, 3.63) is 0 Å². The highest BCUT2D eigenvalue weighted by Gasteiger charge is 2.15. The van der Waals surface area contributed by atoms with E-state index in [4.69, 9.17) is 5.73 Å². The van der Waals surface area contributed by atoms with E-state index in [0.29, 0.717) is 0 Å². The van der Waals surface area contributed by atoms with Crippen molar-refractivity contribution < 1.29 is 4.79 Å². The zero-order chi connectivity index (χ0) is 9.68. The summed E-state index contributed by atoms with van der Waals surface area (Å²) in [5.41, 5.74) is 5.68. The minimum Gasteiger partial charge on any atom is -0.322 e. The van der Waals surface area contributed by atoms with E-state index >= 15 is 0 Å². The van der Waals surface area contributed by atoms with Gasteiger partial charge in [-0.25, -0.2) is 0 Å². The van der Waals surface area contributed by atoms with E-state index in [0.717, 1.165) is 18.8 Å². The summed E-state index contributed by atoms with van der Waals surface area (Å²) in [6.45, 7) is 1.59. The minimum atomic E-state index is -0.207. The molecule has 0 saturated heterocycles. The van der Waals surface area contributed by atoms with Crippen LogP contribution in [0.4, 0.5) is 0 Å². The van der Waals surface area contributed by atoms with Gasteiger partial charge in [0.2, 0.25) is 0 Å². The van der Waals surface area contributed by atoms with Crippen LogP contribution in [0.2, 0.25) is 0 Å². The molecule has 0 amide bonds. The van der Waals surface area contributed by atoms with Crippen LogP contribution >= 0.6 is 0 Å². The van der Waals surface area contributed by atoms with Gasteiger partial charge in [-0.05, 0) is 25.7 Å². The highest BCUT2D eigenvalue weighted by Crippen LogP contribution is 2.27. The number of ketones is 1. The largest absolute Gasteiger partial charge is 0.322 e. The van der Waals surface area contributed by atoms with Crippen molar-refractivity contribution in [2.45, 2.75) is 57.9 Å². The summed E-state index contributed by atoms with van der Waals surface area (Å²) in [5, 5.41) is 0. The molecule has 1 rings (SSSR count). The first-order valence-electron chi connectivity index (χ1n) is 5.46. The van der Waals surface area contributed by atoms with Crippen molar-refractivity contribution in [3.63, 3.8) is 0 Å². The van der Waals surface area contributed by atoms with Gasteiger partial charge in [0.1, 0.15) is 5.78 Å². The van der Waals surface area contributed by atoms with Crippen LogP contribution in [0, 0.1) is 5.92 Å². The van der Waals surface area contributed by atoms with Gasteiger partial charge >= 0.3 is 0 Å². The molecule has 0 radical (unpaired) electrons. The molecule has 0 aromatic carbocycles. The third-order valence-electron chi connectivity index (χ3n) is 3.13. The highest BCUT2D eigenvalue weighted by atomic mass is 16.1. The fourth-order valence-electron chi connectivity index (χ4n) is 2.09. The smallest absolute Gasteiger partial charge is 0.146 e. The van der Waals surface area contributed by atoms with E-state index < -0.39 is 0 Å². The highest BCUT2D eigenvalue weighted by molar-refractivity contribution is 5.81. The Morgan fingerprint density at radius 1 is 1.38 bits per heavy atom. The SMILES string of the molecule is CC(=O)[C@@H](N)CCC1CCCCC1. The van der Waals surface area contributed by atoms with Gasteiger partial charge in [-0.2, -0.15) is 0 Å². The molecule has 0 bridgehead atoms. The molecule has 1 aliphatic carbocycles. The molecular formula is C11H21NO. The first kappa shape index (κ1) is 10.7. The molecule has 1 atom stereocenters. The summed E-state index contributed by atoms with van der Waals surface area (Å²) in [5.74, 6) is 0.981. The van der Waals surface area contributed by atoms with E-state index in [-0.39, 0.29) is 11.8 Å². The fraction of sp³-hybridized carbons (Fsp3) is 0.909. The van der Waals surface area contributed by atoms with Crippen molar-refractivity contribution in [1.82, 2.24) is 0 Å². The van der Waals surface area contributed by atoms with Gasteiger partial charge < -0.3 is 5.73 Å². The lowest BCUT2D eigenvalue weighted by molar-refractivity contribution is -0.118. The van der Waals surface area contributed by atoms with Crippen LogP contribution < -0.4 is 5.73 Å². The predicted octanol–water partition coefficient (Wildman–Crippen LogP) is 2.26. The normalized spacial score (nSPS) is 21.4. The summed E-state index contributed by atoms with van der Waals surface area (Å²) in [7, 11) is 0. The maximum Gasteiger partial charge on any atom is 0.146 e. The summed E-state index contributed by atoms with van der Waals surface area (Å²) < 4.78 is 0. The zero-order valence-electron chi connectivity index (χ0n) is 8.59. The van der Waals surface area contributed by atoms with Gasteiger partial charge in [-0.15, -0.1) is 0 Å². The van der Waals surface area contributed by atoms with Gasteiger partial charge in [0, 0.05) is 0 Å². The van der Waals surface area contributed by atoms with Gasteiger partial charge in [0.25, 0.3) is 0 Å². The second kappa shape index (κ2) is 5.38. The maximum absolute atomic E-state index is 10.9. The predicted molar refractivity (Wildman–Crippen MR) is 54.5 cm³/mol. The van der Waals surface area contributed by atoms with Crippen LogP contribution in [0.15, 0.2) is 0 Å². The summed E-state index contributed by atoms with van der Waals surface area (Å²) in [4.78, 5) is 10.9. The van der Waals surface area contributed by atoms with E-state index in [9.17, 15) is 4.79 Å². The molecule has 1 saturated carbocycles. The Morgan fingerprint density at radius 3 is 2.54 bits per heavy atom. The number of rotatable bonds is 4. The number of Topliss-reactive ketones (excluding diaryl/α,β-unsaturated/α-hetero) is 1. The molecule has 0 aliphatic heterocycles. The lowest BCUT2D eigenvalue weighted by Crippen LogP contribution is -2.28. The van der Waals surface area contributed by atoms with Crippen LogP contribution in [0.25, 0.3) is 0 Å². The fourth-order valence-corrected chi connectivity index (χ4v) is 2.09. The summed E-state index contributed by atoms with van der Waals surface area (Å²) in [6.07, 6.45) is 8.89. The minimum absolute atomic E-state index is 0.135. The van der Waals surface area contributed by atoms with Crippen LogP contribution in [0.3, 0.4) is 0 Å². The molecule has 2 heteroatoms. The molecule has 1 aliphatic rings. The second-order valence-electron chi connectivity index (χ2n) is 4.30. The molecule has 1 fully saturated rings. The lowest BCUT2D eigenvalue weighted by Gasteiger charge is -2.22. The Labute approximate surface area is 80.9 Å². The van der Waals surface area contributed by atoms with Crippen LogP contribution in [-0.4, -0.2) is 11.8 Å². The molecule has 0 unspecified atom stereocenters. The van der Waals surface area contributed by atoms with Gasteiger partial charge in [-0.3, -0.25) is 4.79 Å². The Balaban J connectivity index is 2.13. The van der Waals surface area contributed by atoms with Gasteiger partial charge in [-0.1, -0.05) is 32.1 Å². The molecule has 2 N–H and O–H groups in total. The second-order valence-corrected chi connectivity index (χ2v) is 4.30. The van der Waals surface area contributed by atoms with E-state index in [1.807, 2.05) is 0 Å². The molecule has 0 aromatic rings. The Morgan fingerprint density at radius 2 is 2.00 bits per heavy atom. The van der Waals surface area contributed by atoms with Crippen molar-refractivity contribution in [1.29, 1.82) is 0 Å². The van der Waals surface area contributed by atoms with E-state index in [1.165, 1.54) is 32.1 Å². The van der Waals surface area contributed by atoms with Crippen molar-refractivity contribution in [2.24, 2.45) is 11.7 Å². The van der Waals surface area contributed by atoms with Gasteiger partial charge in [0.05, 0.1) is 6.04 Å². The summed E-state index contributed by atoms with van der Waals surface area (Å²) >= 11 is 0. The standard InChI is InChI=1S/C11H21NO/c1-9(13)11(12)8-7-10-5-3-2-4-6-10/h10-11H,2-8,12H2,1H3/t11-/m0/s1. The average molecular weight is 183 g/mol. The molecule has 0 heterocycles. The Bertz CT molecular complexity index is 161. The number of hydrogen-bond acceptors (Lipinski definition) is 2.